The van der Waals surface area contributed by atoms with Crippen LogP contribution in [0.2, 0.25) is 0 Å². The topological polar surface area (TPSA) is 90.5 Å². The van der Waals surface area contributed by atoms with Crippen LogP contribution in [0.4, 0.5) is 11.4 Å². The van der Waals surface area contributed by atoms with Gasteiger partial charge in [-0.15, -0.1) is 0 Å². The number of sulfonamides is 2. The summed E-state index contributed by atoms with van der Waals surface area (Å²) in [5, 5.41) is 0. The molecule has 11 heteroatoms. The van der Waals surface area contributed by atoms with Crippen LogP contribution < -0.4 is 14.5 Å². The summed E-state index contributed by atoms with van der Waals surface area (Å²) in [6.45, 7) is 4.14. The first-order valence-corrected chi connectivity index (χ1v) is 17.2. The molecule has 2 aliphatic heterocycles. The maximum Gasteiger partial charge on any atom is 0.243 e. The first kappa shape index (κ1) is 29.2. The van der Waals surface area contributed by atoms with E-state index in [1.807, 2.05) is 60.7 Å². The number of ether oxygens (including phenoxy) is 1. The van der Waals surface area contributed by atoms with Crippen molar-refractivity contribution in [2.24, 2.45) is 0 Å². The molecule has 0 amide bonds. The third kappa shape index (κ3) is 6.40. The third-order valence-electron chi connectivity index (χ3n) is 7.88. The summed E-state index contributed by atoms with van der Waals surface area (Å²) in [6.07, 6.45) is 0. The molecule has 4 aromatic rings. The predicted molar refractivity (Wildman–Crippen MR) is 168 cm³/mol. The Hall–Kier alpha value is -3.90. The predicted octanol–water partition coefficient (Wildman–Crippen LogP) is 4.50. The van der Waals surface area contributed by atoms with Gasteiger partial charge in [0.25, 0.3) is 0 Å². The average Bonchev–Trinajstić information content (AvgIpc) is 3.06. The zero-order valence-electron chi connectivity index (χ0n) is 23.7. The van der Waals surface area contributed by atoms with Crippen LogP contribution in [0.3, 0.4) is 0 Å². The standard InChI is InChI=1S/C32H34N4O5S2/c37-42(38,35-23-19-33(20-24-35)27-7-3-1-4-8-27)31-15-11-29(12-16-31)41-30-13-17-32(18-14-30)43(39,40)36-25-21-34(22-26-36)28-9-5-2-6-10-28/h1-18H,19-26H2. The van der Waals surface area contributed by atoms with Gasteiger partial charge < -0.3 is 14.5 Å². The molecule has 0 bridgehead atoms. The van der Waals surface area contributed by atoms with Crippen LogP contribution in [0, 0.1) is 0 Å². The van der Waals surface area contributed by atoms with Crippen LogP contribution in [-0.4, -0.2) is 77.8 Å². The Labute approximate surface area is 253 Å². The number of hydrogen-bond donors (Lipinski definition) is 0. The fraction of sp³-hybridized carbons (Fsp3) is 0.250. The van der Waals surface area contributed by atoms with Gasteiger partial charge in [-0.25, -0.2) is 16.8 Å². The largest absolute Gasteiger partial charge is 0.457 e. The van der Waals surface area contributed by atoms with Crippen LogP contribution in [0.1, 0.15) is 0 Å². The van der Waals surface area contributed by atoms with Gasteiger partial charge in [-0.05, 0) is 72.8 Å². The molecule has 0 saturated carbocycles. The van der Waals surface area contributed by atoms with Gasteiger partial charge in [-0.2, -0.15) is 8.61 Å². The second-order valence-corrected chi connectivity index (χ2v) is 14.4. The van der Waals surface area contributed by atoms with Crippen molar-refractivity contribution in [3.05, 3.63) is 109 Å². The number of anilines is 2. The summed E-state index contributed by atoms with van der Waals surface area (Å²) in [6, 6.07) is 32.6. The number of nitrogens with zero attached hydrogens (tertiary/aromatic N) is 4. The maximum absolute atomic E-state index is 13.3. The molecule has 6 rings (SSSR count). The van der Waals surface area contributed by atoms with Gasteiger partial charge in [-0.1, -0.05) is 36.4 Å². The highest BCUT2D eigenvalue weighted by Gasteiger charge is 2.30. The van der Waals surface area contributed by atoms with Crippen molar-refractivity contribution in [3.8, 4) is 11.5 Å². The number of hydrogen-bond acceptors (Lipinski definition) is 7. The van der Waals surface area contributed by atoms with Crippen molar-refractivity contribution >= 4 is 31.4 Å². The van der Waals surface area contributed by atoms with E-state index in [0.717, 1.165) is 11.4 Å². The van der Waals surface area contributed by atoms with Gasteiger partial charge >= 0.3 is 0 Å². The highest BCUT2D eigenvalue weighted by molar-refractivity contribution is 7.89. The molecule has 2 saturated heterocycles. The molecule has 43 heavy (non-hydrogen) atoms. The molecule has 224 valence electrons. The van der Waals surface area contributed by atoms with Crippen molar-refractivity contribution in [2.45, 2.75) is 9.79 Å². The highest BCUT2D eigenvalue weighted by Crippen LogP contribution is 2.28. The molecule has 0 aromatic heterocycles. The van der Waals surface area contributed by atoms with Gasteiger partial charge in [0.1, 0.15) is 11.5 Å². The second-order valence-electron chi connectivity index (χ2n) is 10.5. The highest BCUT2D eigenvalue weighted by atomic mass is 32.2. The van der Waals surface area contributed by atoms with E-state index in [1.165, 1.54) is 8.61 Å². The normalized spacial score (nSPS) is 17.1. The molecule has 2 fully saturated rings. The van der Waals surface area contributed by atoms with Crippen LogP contribution in [0.25, 0.3) is 0 Å². The number of rotatable bonds is 8. The van der Waals surface area contributed by atoms with Crippen molar-refractivity contribution in [1.82, 2.24) is 8.61 Å². The molecule has 0 atom stereocenters. The lowest BCUT2D eigenvalue weighted by molar-refractivity contribution is 0.384. The Morgan fingerprint density at radius 1 is 0.419 bits per heavy atom. The zero-order valence-corrected chi connectivity index (χ0v) is 25.3. The average molecular weight is 619 g/mol. The molecule has 0 N–H and O–H groups in total. The van der Waals surface area contributed by atoms with Gasteiger partial charge in [0.15, 0.2) is 0 Å². The molecular weight excluding hydrogens is 585 g/mol. The Kier molecular flexibility index (Phi) is 8.40. The molecular formula is C32H34N4O5S2. The Bertz CT molecular complexity index is 1590. The summed E-state index contributed by atoms with van der Waals surface area (Å²) in [5.74, 6) is 0.918. The first-order chi connectivity index (χ1) is 20.8. The van der Waals surface area contributed by atoms with Crippen LogP contribution in [0.5, 0.6) is 11.5 Å². The fourth-order valence-electron chi connectivity index (χ4n) is 5.44. The number of para-hydroxylation sites is 2. The maximum atomic E-state index is 13.3. The third-order valence-corrected chi connectivity index (χ3v) is 11.7. The lowest BCUT2D eigenvalue weighted by Crippen LogP contribution is -2.48. The van der Waals surface area contributed by atoms with E-state index in [2.05, 4.69) is 9.80 Å². The van der Waals surface area contributed by atoms with E-state index in [4.69, 9.17) is 4.74 Å². The quantitative estimate of drug-likeness (QED) is 0.287. The van der Waals surface area contributed by atoms with Crippen molar-refractivity contribution in [1.29, 1.82) is 0 Å². The van der Waals surface area contributed by atoms with Gasteiger partial charge in [0.05, 0.1) is 9.79 Å². The van der Waals surface area contributed by atoms with Crippen molar-refractivity contribution in [2.75, 3.05) is 62.2 Å². The molecule has 0 spiro atoms. The minimum Gasteiger partial charge on any atom is -0.457 e. The summed E-state index contributed by atoms with van der Waals surface area (Å²) in [7, 11) is -7.27. The Morgan fingerprint density at radius 2 is 0.744 bits per heavy atom. The van der Waals surface area contributed by atoms with E-state index in [1.54, 1.807) is 48.5 Å². The minimum absolute atomic E-state index is 0.210. The second kappa shape index (κ2) is 12.4. The van der Waals surface area contributed by atoms with E-state index in [-0.39, 0.29) is 9.79 Å². The fourth-order valence-corrected chi connectivity index (χ4v) is 8.29. The SMILES string of the molecule is O=S(=O)(c1ccc(Oc2ccc(S(=O)(=O)N3CCN(c4ccccc4)CC3)cc2)cc1)N1CCN(c2ccccc2)CC1. The Balaban J connectivity index is 1.04. The number of piperazine rings is 2. The first-order valence-electron chi connectivity index (χ1n) is 14.3. The van der Waals surface area contributed by atoms with Crippen LogP contribution in [0.15, 0.2) is 119 Å². The van der Waals surface area contributed by atoms with E-state index in [9.17, 15) is 16.8 Å². The smallest absolute Gasteiger partial charge is 0.243 e. The molecule has 0 radical (unpaired) electrons. The summed E-state index contributed by atoms with van der Waals surface area (Å²) < 4.78 is 62.0. The molecule has 0 unspecified atom stereocenters. The van der Waals surface area contributed by atoms with E-state index >= 15 is 0 Å². The lowest BCUT2D eigenvalue weighted by atomic mass is 10.2. The summed E-state index contributed by atoms with van der Waals surface area (Å²) >= 11 is 0. The molecule has 4 aromatic carbocycles. The number of benzene rings is 4. The molecule has 2 heterocycles. The van der Waals surface area contributed by atoms with Crippen molar-refractivity contribution in [3.63, 3.8) is 0 Å². The summed E-state index contributed by atoms with van der Waals surface area (Å²) in [5.41, 5.74) is 2.18. The minimum atomic E-state index is -3.63. The van der Waals surface area contributed by atoms with Crippen LogP contribution in [-0.2, 0) is 20.0 Å². The summed E-state index contributed by atoms with van der Waals surface area (Å²) in [4.78, 5) is 4.79. The molecule has 9 nitrogen and oxygen atoms in total. The van der Waals surface area contributed by atoms with Gasteiger partial charge in [0.2, 0.25) is 20.0 Å². The lowest BCUT2D eigenvalue weighted by Gasteiger charge is -2.35. The van der Waals surface area contributed by atoms with E-state index < -0.39 is 20.0 Å². The van der Waals surface area contributed by atoms with Gasteiger partial charge in [0, 0.05) is 63.7 Å². The van der Waals surface area contributed by atoms with Crippen molar-refractivity contribution < 1.29 is 21.6 Å². The monoisotopic (exact) mass is 618 g/mol. The Morgan fingerprint density at radius 3 is 1.07 bits per heavy atom. The zero-order chi connectivity index (χ0) is 29.9. The van der Waals surface area contributed by atoms with Gasteiger partial charge in [-0.3, -0.25) is 0 Å². The molecule has 0 aliphatic carbocycles. The molecule has 2 aliphatic rings. The van der Waals surface area contributed by atoms with Crippen LogP contribution >= 0.6 is 0 Å². The van der Waals surface area contributed by atoms with E-state index in [0.29, 0.717) is 63.9 Å².